The molecule has 0 unspecified atom stereocenters. The Morgan fingerprint density at radius 3 is 1.47 bits per heavy atom. The molecule has 0 aromatic carbocycles. The number of rotatable bonds is 4. The van der Waals surface area contributed by atoms with Crippen molar-refractivity contribution in [1.82, 2.24) is 0 Å². The van der Waals surface area contributed by atoms with Crippen LogP contribution in [-0.4, -0.2) is 51.1 Å². The monoisotopic (exact) mass is 279 g/mol. The molecule has 0 saturated carbocycles. The summed E-state index contributed by atoms with van der Waals surface area (Å²) in [5, 5.41) is 14.7. The fourth-order valence-corrected chi connectivity index (χ4v) is 0.370. The molecule has 114 valence electrons. The van der Waals surface area contributed by atoms with Crippen LogP contribution in [0.3, 0.4) is 0 Å². The van der Waals surface area contributed by atoms with Gasteiger partial charge in [-0.05, 0) is 6.92 Å². The number of hydrogen-bond donors (Lipinski definition) is 1. The predicted octanol–water partition coefficient (Wildman–Crippen LogP) is 1.47. The highest BCUT2D eigenvalue weighted by Gasteiger charge is 1.81. The van der Waals surface area contributed by atoms with Crippen molar-refractivity contribution in [1.29, 1.82) is 5.26 Å². The van der Waals surface area contributed by atoms with E-state index in [1.807, 2.05) is 0 Å². The molecule has 0 rings (SSSR count). The van der Waals surface area contributed by atoms with Crippen LogP contribution in [0, 0.1) is 11.3 Å². The van der Waals surface area contributed by atoms with Crippen molar-refractivity contribution < 1.29 is 28.9 Å². The van der Waals surface area contributed by atoms with E-state index < -0.39 is 5.97 Å². The maximum absolute atomic E-state index is 9.82. The van der Waals surface area contributed by atoms with Crippen LogP contribution in [-0.2, 0) is 23.8 Å². The number of carbonyl (C=O) groups excluding carboxylic acids is 1. The highest BCUT2D eigenvalue weighted by atomic mass is 16.5. The van der Waals surface area contributed by atoms with Crippen molar-refractivity contribution >= 4 is 11.9 Å². The fourth-order valence-electron chi connectivity index (χ4n) is 0.370. The molecular formula is C12H25NO6. The molecule has 7 nitrogen and oxygen atoms in total. The Morgan fingerprint density at radius 2 is 1.42 bits per heavy atom. The van der Waals surface area contributed by atoms with E-state index in [0.29, 0.717) is 19.8 Å². The van der Waals surface area contributed by atoms with Crippen LogP contribution in [0.2, 0.25) is 0 Å². The molecule has 0 aliphatic heterocycles. The van der Waals surface area contributed by atoms with Crippen molar-refractivity contribution in [2.75, 3.05) is 34.0 Å². The second-order valence-corrected chi connectivity index (χ2v) is 2.65. The van der Waals surface area contributed by atoms with E-state index in [1.165, 1.54) is 13.8 Å². The number of nitriles is 1. The van der Waals surface area contributed by atoms with Gasteiger partial charge in [-0.3, -0.25) is 9.59 Å². The number of ether oxygens (including phenoxy) is 3. The van der Waals surface area contributed by atoms with E-state index in [4.69, 9.17) is 15.2 Å². The second kappa shape index (κ2) is 29.9. The number of carboxylic acid groups (broad SMARTS) is 1. The highest BCUT2D eigenvalue weighted by molar-refractivity contribution is 5.65. The molecular weight excluding hydrogens is 254 g/mol. The summed E-state index contributed by atoms with van der Waals surface area (Å²) in [7, 11) is 3.30. The molecule has 0 aromatic heterocycles. The zero-order chi connectivity index (χ0) is 16.1. The first-order chi connectivity index (χ1) is 8.83. The van der Waals surface area contributed by atoms with Gasteiger partial charge in [-0.2, -0.15) is 5.26 Å². The predicted molar refractivity (Wildman–Crippen MR) is 70.7 cm³/mol. The van der Waals surface area contributed by atoms with E-state index in [1.54, 1.807) is 27.2 Å². The van der Waals surface area contributed by atoms with Crippen molar-refractivity contribution in [3.63, 3.8) is 0 Å². The topological polar surface area (TPSA) is 106 Å². The first kappa shape index (κ1) is 26.0. The third-order valence-corrected chi connectivity index (χ3v) is 0.839. The van der Waals surface area contributed by atoms with E-state index in [9.17, 15) is 4.79 Å². The van der Waals surface area contributed by atoms with Gasteiger partial charge in [0.15, 0.2) is 0 Å². The summed E-state index contributed by atoms with van der Waals surface area (Å²) in [6.45, 7) is 7.55. The molecule has 0 aromatic rings. The molecule has 0 aliphatic carbocycles. The van der Waals surface area contributed by atoms with Crippen molar-refractivity contribution in [3.05, 3.63) is 0 Å². The van der Waals surface area contributed by atoms with Crippen molar-refractivity contribution in [3.8, 4) is 6.07 Å². The lowest BCUT2D eigenvalue weighted by atomic mass is 10.8. The average Bonchev–Trinajstić information content (AvgIpc) is 2.27. The van der Waals surface area contributed by atoms with Gasteiger partial charge >= 0.3 is 5.97 Å². The van der Waals surface area contributed by atoms with Crippen LogP contribution in [0.5, 0.6) is 0 Å². The molecule has 0 fully saturated rings. The van der Waals surface area contributed by atoms with E-state index in [-0.39, 0.29) is 5.97 Å². The maximum atomic E-state index is 9.82. The lowest BCUT2D eigenvalue weighted by Gasteiger charge is -1.91. The standard InChI is InChI=1S/C4H10O2.C4H8O2.C2H3N.C2H4O2/c1-5-3-4-6-2;1-3-6-4(2)5;1-2-3;1-2(3)4/h3-4H2,1-2H3;3H2,1-2H3;1H3;1H3,(H,3,4). The van der Waals surface area contributed by atoms with Gasteiger partial charge in [0, 0.05) is 35.0 Å². The van der Waals surface area contributed by atoms with Gasteiger partial charge in [-0.25, -0.2) is 0 Å². The lowest BCUT2D eigenvalue weighted by Crippen LogP contribution is -1.96. The van der Waals surface area contributed by atoms with Gasteiger partial charge < -0.3 is 19.3 Å². The van der Waals surface area contributed by atoms with E-state index in [2.05, 4.69) is 14.2 Å². The third-order valence-electron chi connectivity index (χ3n) is 0.839. The summed E-state index contributed by atoms with van der Waals surface area (Å²) in [6.07, 6.45) is 0. The maximum Gasteiger partial charge on any atom is 0.302 e. The summed E-state index contributed by atoms with van der Waals surface area (Å²) in [5.74, 6) is -1.04. The van der Waals surface area contributed by atoms with Crippen LogP contribution in [0.1, 0.15) is 27.7 Å². The van der Waals surface area contributed by atoms with Crippen LogP contribution < -0.4 is 0 Å². The largest absolute Gasteiger partial charge is 0.481 e. The number of nitrogens with zero attached hydrogens (tertiary/aromatic N) is 1. The quantitative estimate of drug-likeness (QED) is 0.613. The number of methoxy groups -OCH3 is 2. The smallest absolute Gasteiger partial charge is 0.302 e. The Bertz CT molecular complexity index is 217. The Balaban J connectivity index is -0.0000000821. The molecule has 0 spiro atoms. The van der Waals surface area contributed by atoms with Gasteiger partial charge in [-0.15, -0.1) is 0 Å². The van der Waals surface area contributed by atoms with Gasteiger partial charge in [0.25, 0.3) is 5.97 Å². The minimum Gasteiger partial charge on any atom is -0.481 e. The molecule has 1 N–H and O–H groups in total. The van der Waals surface area contributed by atoms with Crippen LogP contribution in [0.15, 0.2) is 0 Å². The molecule has 0 bridgehead atoms. The zero-order valence-corrected chi connectivity index (χ0v) is 12.6. The molecule has 0 aliphatic rings. The number of aliphatic carboxylic acids is 1. The molecule has 0 amide bonds. The number of carbonyl (C=O) groups is 2. The van der Waals surface area contributed by atoms with Crippen molar-refractivity contribution in [2.24, 2.45) is 0 Å². The Labute approximate surface area is 115 Å². The van der Waals surface area contributed by atoms with Gasteiger partial charge in [0.1, 0.15) is 0 Å². The normalized spacial score (nSPS) is 7.00. The summed E-state index contributed by atoms with van der Waals surface area (Å²) in [4.78, 5) is 18.8. The van der Waals surface area contributed by atoms with Crippen LogP contribution in [0.4, 0.5) is 0 Å². The van der Waals surface area contributed by atoms with Gasteiger partial charge in [0.2, 0.25) is 0 Å². The molecule has 0 radical (unpaired) electrons. The summed E-state index contributed by atoms with van der Waals surface area (Å²) in [6, 6.07) is 1.75. The van der Waals surface area contributed by atoms with Crippen LogP contribution >= 0.6 is 0 Å². The van der Waals surface area contributed by atoms with Crippen molar-refractivity contribution in [2.45, 2.75) is 27.7 Å². The summed E-state index contributed by atoms with van der Waals surface area (Å²) in [5.41, 5.74) is 0. The van der Waals surface area contributed by atoms with Gasteiger partial charge in [0.05, 0.1) is 25.9 Å². The molecule has 0 atom stereocenters. The SMILES string of the molecule is CC#N.CC(=O)O.CCOC(C)=O.COCCOC. The Hall–Kier alpha value is -1.65. The van der Waals surface area contributed by atoms with Gasteiger partial charge in [-0.1, -0.05) is 0 Å². The molecule has 0 heterocycles. The molecule has 0 saturated heterocycles. The number of carboxylic acids is 1. The zero-order valence-electron chi connectivity index (χ0n) is 12.6. The minimum absolute atomic E-state index is 0.211. The second-order valence-electron chi connectivity index (χ2n) is 2.65. The first-order valence-corrected chi connectivity index (χ1v) is 5.45. The molecule has 7 heteroatoms. The Morgan fingerprint density at radius 1 is 1.16 bits per heavy atom. The van der Waals surface area contributed by atoms with E-state index in [0.717, 1.165) is 6.92 Å². The minimum atomic E-state index is -0.833. The van der Waals surface area contributed by atoms with Crippen LogP contribution in [0.25, 0.3) is 0 Å². The highest BCUT2D eigenvalue weighted by Crippen LogP contribution is 1.69. The first-order valence-electron chi connectivity index (χ1n) is 5.45. The van der Waals surface area contributed by atoms with E-state index >= 15 is 0 Å². The lowest BCUT2D eigenvalue weighted by molar-refractivity contribution is -0.140. The number of esters is 1. The summed E-state index contributed by atoms with van der Waals surface area (Å²) >= 11 is 0. The number of hydrogen-bond acceptors (Lipinski definition) is 6. The fraction of sp³-hybridized carbons (Fsp3) is 0.750. The molecule has 19 heavy (non-hydrogen) atoms. The Kier molecular flexibility index (Phi) is 41.0. The average molecular weight is 279 g/mol. The summed E-state index contributed by atoms with van der Waals surface area (Å²) < 4.78 is 13.7. The third kappa shape index (κ3) is 178.